The number of nitrogens with zero attached hydrogens (tertiary/aromatic N) is 1. The van der Waals surface area contributed by atoms with Crippen molar-refractivity contribution in [1.82, 2.24) is 10.2 Å². The van der Waals surface area contributed by atoms with E-state index in [1.165, 1.54) is 24.1 Å². The molecule has 1 aliphatic rings. The largest absolute Gasteiger partial charge is 0.282 e. The summed E-state index contributed by atoms with van der Waals surface area (Å²) in [5, 5.41) is 7.11. The van der Waals surface area contributed by atoms with E-state index in [4.69, 9.17) is 0 Å². The van der Waals surface area contributed by atoms with Crippen molar-refractivity contribution in [3.8, 4) is 0 Å². The third-order valence-electron chi connectivity index (χ3n) is 2.53. The van der Waals surface area contributed by atoms with Crippen LogP contribution in [0.2, 0.25) is 0 Å². The monoisotopic (exact) mass is 258 g/mol. The van der Waals surface area contributed by atoms with Gasteiger partial charge in [-0.1, -0.05) is 13.8 Å². The molecular formula is C9H17Cl3N2. The zero-order valence-electron chi connectivity index (χ0n) is 8.37. The number of halogens is 3. The van der Waals surface area contributed by atoms with Gasteiger partial charge in [-0.15, -0.1) is 37.2 Å². The van der Waals surface area contributed by atoms with Gasteiger partial charge in [-0.05, 0) is 30.2 Å². The number of H-pyrrole nitrogens is 1. The summed E-state index contributed by atoms with van der Waals surface area (Å²) in [6, 6.07) is 0. The van der Waals surface area contributed by atoms with Gasteiger partial charge in [0.25, 0.3) is 0 Å². The van der Waals surface area contributed by atoms with E-state index in [0.29, 0.717) is 5.41 Å². The summed E-state index contributed by atoms with van der Waals surface area (Å²) in [6.07, 6.45) is 5.60. The quantitative estimate of drug-likeness (QED) is 0.762. The van der Waals surface area contributed by atoms with Crippen molar-refractivity contribution in [2.24, 2.45) is 5.41 Å². The molecule has 0 bridgehead atoms. The minimum Gasteiger partial charge on any atom is -0.282 e. The van der Waals surface area contributed by atoms with Crippen LogP contribution in [0.25, 0.3) is 0 Å². The smallest absolute Gasteiger partial charge is 0.0522 e. The fourth-order valence-electron chi connectivity index (χ4n) is 1.75. The average Bonchev–Trinajstić information content (AvgIpc) is 2.31. The molecule has 1 aromatic heterocycles. The molecule has 84 valence electrons. The van der Waals surface area contributed by atoms with Crippen LogP contribution in [0, 0.1) is 5.41 Å². The maximum absolute atomic E-state index is 4.04. The molecule has 0 spiro atoms. The Morgan fingerprint density at radius 3 is 2.57 bits per heavy atom. The van der Waals surface area contributed by atoms with Crippen LogP contribution in [0.1, 0.15) is 31.5 Å². The van der Waals surface area contributed by atoms with Gasteiger partial charge in [0.15, 0.2) is 0 Å². The second kappa shape index (κ2) is 5.84. The molecule has 0 atom stereocenters. The lowest BCUT2D eigenvalue weighted by atomic mass is 9.77. The zero-order valence-corrected chi connectivity index (χ0v) is 10.8. The second-order valence-electron chi connectivity index (χ2n) is 4.21. The molecule has 5 heteroatoms. The molecule has 14 heavy (non-hydrogen) atoms. The highest BCUT2D eigenvalue weighted by molar-refractivity contribution is 5.86. The van der Waals surface area contributed by atoms with Crippen LogP contribution >= 0.6 is 37.2 Å². The van der Waals surface area contributed by atoms with Crippen LogP contribution in [0.3, 0.4) is 0 Å². The molecule has 1 aliphatic carbocycles. The van der Waals surface area contributed by atoms with Crippen molar-refractivity contribution in [2.45, 2.75) is 33.1 Å². The predicted molar refractivity (Wildman–Crippen MR) is 66.1 cm³/mol. The number of hydrogen-bond donors (Lipinski definition) is 1. The van der Waals surface area contributed by atoms with E-state index in [-0.39, 0.29) is 37.2 Å². The maximum atomic E-state index is 4.04. The molecule has 1 heterocycles. The molecule has 0 radical (unpaired) electrons. The first-order valence-corrected chi connectivity index (χ1v) is 4.18. The first-order valence-electron chi connectivity index (χ1n) is 4.18. The molecule has 0 saturated heterocycles. The highest BCUT2D eigenvalue weighted by Crippen LogP contribution is 2.33. The Kier molecular flexibility index (Phi) is 6.88. The van der Waals surface area contributed by atoms with Gasteiger partial charge in [0.05, 0.1) is 6.20 Å². The molecule has 0 amide bonds. The van der Waals surface area contributed by atoms with Crippen molar-refractivity contribution in [3.63, 3.8) is 0 Å². The molecule has 0 aliphatic heterocycles. The van der Waals surface area contributed by atoms with E-state index in [0.717, 1.165) is 6.42 Å². The van der Waals surface area contributed by atoms with Crippen LogP contribution < -0.4 is 0 Å². The molecule has 2 nitrogen and oxygen atoms in total. The van der Waals surface area contributed by atoms with Gasteiger partial charge in [-0.3, -0.25) is 5.10 Å². The van der Waals surface area contributed by atoms with Gasteiger partial charge >= 0.3 is 0 Å². The number of hydrogen-bond acceptors (Lipinski definition) is 1. The fourth-order valence-corrected chi connectivity index (χ4v) is 1.75. The van der Waals surface area contributed by atoms with Crippen molar-refractivity contribution in [2.75, 3.05) is 0 Å². The lowest BCUT2D eigenvalue weighted by Gasteiger charge is -2.28. The van der Waals surface area contributed by atoms with Crippen LogP contribution in [-0.4, -0.2) is 10.2 Å². The summed E-state index contributed by atoms with van der Waals surface area (Å²) in [4.78, 5) is 0. The van der Waals surface area contributed by atoms with E-state index in [1.807, 2.05) is 6.20 Å². The lowest BCUT2D eigenvalue weighted by Crippen LogP contribution is -2.21. The molecule has 0 unspecified atom stereocenters. The first-order chi connectivity index (χ1) is 5.17. The Labute approximate surface area is 103 Å². The Morgan fingerprint density at radius 2 is 1.93 bits per heavy atom. The summed E-state index contributed by atoms with van der Waals surface area (Å²) in [6.45, 7) is 4.63. The number of aromatic amines is 1. The van der Waals surface area contributed by atoms with Crippen LogP contribution in [0.15, 0.2) is 6.20 Å². The summed E-state index contributed by atoms with van der Waals surface area (Å²) >= 11 is 0. The van der Waals surface area contributed by atoms with Gasteiger partial charge in [-0.2, -0.15) is 5.10 Å². The Balaban J connectivity index is 0. The predicted octanol–water partition coefficient (Wildman–Crippen LogP) is 3.19. The minimum atomic E-state index is 0. The van der Waals surface area contributed by atoms with E-state index in [1.54, 1.807) is 0 Å². The molecule has 0 saturated carbocycles. The zero-order chi connectivity index (χ0) is 7.90. The fraction of sp³-hybridized carbons (Fsp3) is 0.667. The number of aromatic nitrogens is 2. The standard InChI is InChI=1S/C9H14N2.3ClH/c1-9(2)4-3-7-6-10-11-8(7)5-9;;;/h6H,3-5H2,1-2H3,(H,10,11);3*1H. The Morgan fingerprint density at radius 1 is 1.29 bits per heavy atom. The lowest BCUT2D eigenvalue weighted by molar-refractivity contribution is 0.312. The number of rotatable bonds is 0. The van der Waals surface area contributed by atoms with E-state index in [9.17, 15) is 0 Å². The van der Waals surface area contributed by atoms with Crippen LogP contribution in [0.4, 0.5) is 0 Å². The van der Waals surface area contributed by atoms with Crippen molar-refractivity contribution in [3.05, 3.63) is 17.5 Å². The molecule has 0 aromatic carbocycles. The van der Waals surface area contributed by atoms with Crippen molar-refractivity contribution < 1.29 is 0 Å². The summed E-state index contributed by atoms with van der Waals surface area (Å²) in [5.74, 6) is 0. The van der Waals surface area contributed by atoms with Gasteiger partial charge in [0.2, 0.25) is 0 Å². The molecule has 1 aromatic rings. The summed E-state index contributed by atoms with van der Waals surface area (Å²) in [5.41, 5.74) is 3.24. The summed E-state index contributed by atoms with van der Waals surface area (Å²) < 4.78 is 0. The van der Waals surface area contributed by atoms with Gasteiger partial charge in [0.1, 0.15) is 0 Å². The van der Waals surface area contributed by atoms with Gasteiger partial charge in [0, 0.05) is 5.69 Å². The number of nitrogens with one attached hydrogen (secondary N) is 1. The van der Waals surface area contributed by atoms with Crippen LogP contribution in [-0.2, 0) is 12.8 Å². The highest BCUT2D eigenvalue weighted by atomic mass is 35.5. The van der Waals surface area contributed by atoms with E-state index >= 15 is 0 Å². The maximum Gasteiger partial charge on any atom is 0.0522 e. The number of fused-ring (bicyclic) bond motifs is 1. The molecular weight excluding hydrogens is 242 g/mol. The first kappa shape index (κ1) is 16.5. The third kappa shape index (κ3) is 3.34. The topological polar surface area (TPSA) is 28.7 Å². The Hall–Kier alpha value is 0.0800. The van der Waals surface area contributed by atoms with Gasteiger partial charge in [-0.25, -0.2) is 0 Å². The Bertz CT molecular complexity index is 271. The third-order valence-corrected chi connectivity index (χ3v) is 2.53. The highest BCUT2D eigenvalue weighted by Gasteiger charge is 2.25. The molecule has 0 fully saturated rings. The van der Waals surface area contributed by atoms with E-state index in [2.05, 4.69) is 24.0 Å². The van der Waals surface area contributed by atoms with Crippen molar-refractivity contribution in [1.29, 1.82) is 0 Å². The molecule has 1 N–H and O–H groups in total. The van der Waals surface area contributed by atoms with Crippen LogP contribution in [0.5, 0.6) is 0 Å². The van der Waals surface area contributed by atoms with E-state index < -0.39 is 0 Å². The second-order valence-corrected chi connectivity index (χ2v) is 4.21. The number of aryl methyl sites for hydroxylation is 1. The SMILES string of the molecule is CC1(C)CCc2cn[nH]c2C1.Cl.Cl.Cl. The normalized spacial score (nSPS) is 16.7. The minimum absolute atomic E-state index is 0. The average molecular weight is 260 g/mol. The van der Waals surface area contributed by atoms with Gasteiger partial charge < -0.3 is 0 Å². The molecule has 2 rings (SSSR count). The van der Waals surface area contributed by atoms with Crippen molar-refractivity contribution >= 4 is 37.2 Å². The summed E-state index contributed by atoms with van der Waals surface area (Å²) in [7, 11) is 0.